The van der Waals surface area contributed by atoms with Gasteiger partial charge in [0.2, 0.25) is 0 Å². The van der Waals surface area contributed by atoms with Crippen molar-refractivity contribution in [2.75, 3.05) is 13.2 Å². The van der Waals surface area contributed by atoms with Crippen molar-refractivity contribution < 1.29 is 19.1 Å². The topological polar surface area (TPSA) is 127 Å². The predicted molar refractivity (Wildman–Crippen MR) is 170 cm³/mol. The van der Waals surface area contributed by atoms with Gasteiger partial charge < -0.3 is 21.1 Å². The lowest BCUT2D eigenvalue weighted by Gasteiger charge is -2.27. The fourth-order valence-corrected chi connectivity index (χ4v) is 4.74. The number of nitrogens with zero attached hydrogens (tertiary/aromatic N) is 2. The second-order valence-corrected chi connectivity index (χ2v) is 10.3. The second-order valence-electron chi connectivity index (χ2n) is 10.3. The third-order valence-electron chi connectivity index (χ3n) is 7.21. The number of amides is 4. The molecule has 0 unspecified atom stereocenters. The summed E-state index contributed by atoms with van der Waals surface area (Å²) in [5, 5.41) is 5.77. The molecular formula is C35H39N5O4. The number of nitrogens with two attached hydrogens (primary N) is 1. The quantitative estimate of drug-likeness (QED) is 0.209. The number of imide groups is 1. The van der Waals surface area contributed by atoms with E-state index in [9.17, 15) is 14.4 Å². The minimum Gasteiger partial charge on any atom is -0.494 e. The van der Waals surface area contributed by atoms with Crippen molar-refractivity contribution in [3.8, 4) is 5.75 Å². The first-order valence-corrected chi connectivity index (χ1v) is 14.7. The van der Waals surface area contributed by atoms with Crippen LogP contribution in [0.5, 0.6) is 5.75 Å². The first-order valence-electron chi connectivity index (χ1n) is 14.7. The van der Waals surface area contributed by atoms with Gasteiger partial charge in [-0.2, -0.15) is 0 Å². The third-order valence-corrected chi connectivity index (χ3v) is 7.21. The van der Waals surface area contributed by atoms with E-state index in [2.05, 4.69) is 15.6 Å². The molecule has 1 atom stereocenters. The predicted octanol–water partition coefficient (Wildman–Crippen LogP) is 4.57. The van der Waals surface area contributed by atoms with Gasteiger partial charge in [0.15, 0.2) is 0 Å². The molecule has 1 aromatic heterocycles. The summed E-state index contributed by atoms with van der Waals surface area (Å²) in [6, 6.07) is 26.4. The van der Waals surface area contributed by atoms with Crippen LogP contribution in [0.4, 0.5) is 4.79 Å². The number of aromatic nitrogens is 1. The number of aryl methyl sites for hydroxylation is 1. The molecule has 3 aromatic carbocycles. The Balaban J connectivity index is 1.60. The summed E-state index contributed by atoms with van der Waals surface area (Å²) in [6.07, 6.45) is 2.23. The van der Waals surface area contributed by atoms with Gasteiger partial charge in [-0.25, -0.2) is 4.79 Å². The highest BCUT2D eigenvalue weighted by Crippen LogP contribution is 2.16. The largest absolute Gasteiger partial charge is 0.494 e. The third kappa shape index (κ3) is 8.99. The van der Waals surface area contributed by atoms with Gasteiger partial charge in [0.25, 0.3) is 11.8 Å². The number of hydrogen-bond acceptors (Lipinski definition) is 6. The van der Waals surface area contributed by atoms with Gasteiger partial charge in [0.1, 0.15) is 11.8 Å². The molecule has 9 nitrogen and oxygen atoms in total. The smallest absolute Gasteiger partial charge is 0.324 e. The molecule has 44 heavy (non-hydrogen) atoms. The number of pyridine rings is 1. The molecule has 0 saturated heterocycles. The zero-order chi connectivity index (χ0) is 31.3. The van der Waals surface area contributed by atoms with Crippen LogP contribution in [0, 0.1) is 6.92 Å². The molecule has 1 heterocycles. The van der Waals surface area contributed by atoms with E-state index in [0.29, 0.717) is 36.6 Å². The average molecular weight is 594 g/mol. The van der Waals surface area contributed by atoms with E-state index in [1.807, 2.05) is 85.8 Å². The van der Waals surface area contributed by atoms with Crippen LogP contribution in [-0.4, -0.2) is 46.9 Å². The summed E-state index contributed by atoms with van der Waals surface area (Å²) in [6.45, 7) is 4.95. The first-order chi connectivity index (χ1) is 21.4. The van der Waals surface area contributed by atoms with Crippen molar-refractivity contribution in [3.63, 3.8) is 0 Å². The molecule has 0 aliphatic rings. The van der Waals surface area contributed by atoms with Gasteiger partial charge in [-0.15, -0.1) is 0 Å². The van der Waals surface area contributed by atoms with E-state index in [1.165, 1.54) is 4.90 Å². The van der Waals surface area contributed by atoms with E-state index in [1.54, 1.807) is 25.3 Å². The molecule has 0 spiro atoms. The lowest BCUT2D eigenvalue weighted by molar-refractivity contribution is -0.130. The number of urea groups is 1. The minimum atomic E-state index is -1.02. The molecule has 0 bridgehead atoms. The highest BCUT2D eigenvalue weighted by atomic mass is 16.5. The number of carbonyl (C=O) groups is 3. The van der Waals surface area contributed by atoms with E-state index in [4.69, 9.17) is 10.5 Å². The summed E-state index contributed by atoms with van der Waals surface area (Å²) in [7, 11) is 0. The van der Waals surface area contributed by atoms with E-state index >= 15 is 0 Å². The highest BCUT2D eigenvalue weighted by Gasteiger charge is 2.31. The molecule has 0 aliphatic heterocycles. The Kier molecular flexibility index (Phi) is 11.6. The molecule has 4 amide bonds. The standard InChI is InChI=1S/C35H39N5O4/c1-3-44-30-17-15-27(16-18-30)22-32(39-33(41)31-10-7-20-37-25(31)2)34(42)40(21-19-26-8-5-4-6-9-26)35(43)38-24-29-13-11-28(23-36)12-14-29/h4-18,20,32H,3,19,21-24,36H2,1-2H3,(H,38,43)(H,39,41)/t32-/m1/s1. The van der Waals surface area contributed by atoms with E-state index in [0.717, 1.165) is 22.3 Å². The summed E-state index contributed by atoms with van der Waals surface area (Å²) in [5.41, 5.74) is 10.2. The number of hydrogen-bond donors (Lipinski definition) is 3. The van der Waals surface area contributed by atoms with Crippen molar-refractivity contribution >= 4 is 17.8 Å². The Morgan fingerprint density at radius 1 is 0.864 bits per heavy atom. The Morgan fingerprint density at radius 3 is 2.20 bits per heavy atom. The Bertz CT molecular complexity index is 1530. The van der Waals surface area contributed by atoms with Crippen LogP contribution in [0.15, 0.2) is 97.2 Å². The van der Waals surface area contributed by atoms with Gasteiger partial charge in [-0.1, -0.05) is 66.7 Å². The molecule has 0 radical (unpaired) electrons. The maximum atomic E-state index is 14.2. The van der Waals surface area contributed by atoms with Gasteiger partial charge in [0.05, 0.1) is 12.2 Å². The second kappa shape index (κ2) is 16.0. The van der Waals surface area contributed by atoms with Gasteiger partial charge >= 0.3 is 6.03 Å². The number of nitrogens with one attached hydrogen (secondary N) is 2. The van der Waals surface area contributed by atoms with E-state index in [-0.39, 0.29) is 19.5 Å². The molecular weight excluding hydrogens is 554 g/mol. The SMILES string of the molecule is CCOc1ccc(C[C@@H](NC(=O)c2cccnc2C)C(=O)N(CCc2ccccc2)C(=O)NCc2ccc(CN)cc2)cc1. The monoisotopic (exact) mass is 593 g/mol. The van der Waals surface area contributed by atoms with Crippen molar-refractivity contribution in [1.29, 1.82) is 0 Å². The fraction of sp³-hybridized carbons (Fsp3) is 0.257. The first kappa shape index (κ1) is 31.9. The summed E-state index contributed by atoms with van der Waals surface area (Å²) in [5.74, 6) is -0.249. The van der Waals surface area contributed by atoms with Gasteiger partial charge in [-0.3, -0.25) is 19.5 Å². The summed E-state index contributed by atoms with van der Waals surface area (Å²) < 4.78 is 5.56. The zero-order valence-electron chi connectivity index (χ0n) is 25.2. The van der Waals surface area contributed by atoms with Gasteiger partial charge in [-0.05, 0) is 66.8 Å². The van der Waals surface area contributed by atoms with Crippen LogP contribution in [0.2, 0.25) is 0 Å². The number of carbonyl (C=O) groups excluding carboxylic acids is 3. The van der Waals surface area contributed by atoms with Crippen molar-refractivity contribution in [1.82, 2.24) is 20.5 Å². The van der Waals surface area contributed by atoms with Crippen LogP contribution >= 0.6 is 0 Å². The van der Waals surface area contributed by atoms with Crippen molar-refractivity contribution in [3.05, 3.63) is 131 Å². The maximum absolute atomic E-state index is 14.2. The molecule has 0 saturated carbocycles. The Hall–Kier alpha value is -5.02. The summed E-state index contributed by atoms with van der Waals surface area (Å²) in [4.78, 5) is 46.6. The number of ether oxygens (including phenoxy) is 1. The number of rotatable bonds is 13. The lowest BCUT2D eigenvalue weighted by atomic mass is 10.0. The highest BCUT2D eigenvalue weighted by molar-refractivity contribution is 6.02. The zero-order valence-corrected chi connectivity index (χ0v) is 25.2. The van der Waals surface area contributed by atoms with Crippen molar-refractivity contribution in [2.24, 2.45) is 5.73 Å². The molecule has 4 aromatic rings. The average Bonchev–Trinajstić information content (AvgIpc) is 3.05. The summed E-state index contributed by atoms with van der Waals surface area (Å²) >= 11 is 0. The minimum absolute atomic E-state index is 0.127. The van der Waals surface area contributed by atoms with Crippen LogP contribution in [0.1, 0.15) is 45.2 Å². The normalized spacial score (nSPS) is 11.3. The molecule has 0 fully saturated rings. The van der Waals surface area contributed by atoms with Crippen LogP contribution in [0.25, 0.3) is 0 Å². The molecule has 9 heteroatoms. The number of benzene rings is 3. The molecule has 0 aliphatic carbocycles. The molecule has 4 rings (SSSR count). The lowest BCUT2D eigenvalue weighted by Crippen LogP contribution is -2.54. The van der Waals surface area contributed by atoms with Gasteiger partial charge in [0, 0.05) is 37.9 Å². The maximum Gasteiger partial charge on any atom is 0.324 e. The van der Waals surface area contributed by atoms with Crippen LogP contribution < -0.4 is 21.1 Å². The Labute approximate surface area is 258 Å². The Morgan fingerprint density at radius 2 is 1.55 bits per heavy atom. The van der Waals surface area contributed by atoms with Crippen LogP contribution in [-0.2, 0) is 30.7 Å². The van der Waals surface area contributed by atoms with Crippen LogP contribution in [0.3, 0.4) is 0 Å². The fourth-order valence-electron chi connectivity index (χ4n) is 4.74. The molecule has 4 N–H and O–H groups in total. The van der Waals surface area contributed by atoms with Crippen molar-refractivity contribution in [2.45, 2.75) is 45.8 Å². The van der Waals surface area contributed by atoms with E-state index < -0.39 is 23.9 Å². The molecule has 228 valence electrons.